The average Bonchev–Trinajstić information content (AvgIpc) is 2.87. The van der Waals surface area contributed by atoms with E-state index in [0.717, 1.165) is 38.2 Å². The Kier molecular flexibility index (Phi) is 4.13. The molecule has 0 aromatic carbocycles. The maximum Gasteiger partial charge on any atom is 0.130 e. The fourth-order valence-electron chi connectivity index (χ4n) is 7.26. The second-order valence-electron chi connectivity index (χ2n) is 9.58. The largest absolute Gasteiger partial charge is 0.378 e. The summed E-state index contributed by atoms with van der Waals surface area (Å²) in [6.45, 7) is 7.72. The Morgan fingerprint density at radius 1 is 1.20 bits per heavy atom. The summed E-state index contributed by atoms with van der Waals surface area (Å²) in [7, 11) is 0. The summed E-state index contributed by atoms with van der Waals surface area (Å²) in [6.07, 6.45) is 17.7. The van der Waals surface area contributed by atoms with Crippen LogP contribution in [0.3, 0.4) is 0 Å². The zero-order chi connectivity index (χ0) is 17.9. The highest BCUT2D eigenvalue weighted by Gasteiger charge is 2.63. The lowest BCUT2D eigenvalue weighted by Gasteiger charge is -2.58. The van der Waals surface area contributed by atoms with Crippen LogP contribution in [-0.4, -0.2) is 23.4 Å². The van der Waals surface area contributed by atoms with Gasteiger partial charge in [0.05, 0.1) is 6.10 Å². The number of terminal acetylenes is 1. The quantitative estimate of drug-likeness (QED) is 0.581. The fraction of sp³-hybridized carbons (Fsp3) is 0.826. The molecular weight excluding hydrogens is 308 g/mol. The smallest absolute Gasteiger partial charge is 0.130 e. The van der Waals surface area contributed by atoms with Gasteiger partial charge in [0.15, 0.2) is 0 Å². The molecule has 25 heavy (non-hydrogen) atoms. The number of ether oxygens (including phenoxy) is 1. The van der Waals surface area contributed by atoms with Crippen LogP contribution in [0, 0.1) is 40.9 Å². The Balaban J connectivity index is 1.63. The first-order valence-electron chi connectivity index (χ1n) is 10.4. The number of allylic oxidation sites excluding steroid dienone is 1. The Bertz CT molecular complexity index is 616. The maximum absolute atomic E-state index is 11.1. The third-order valence-corrected chi connectivity index (χ3v) is 8.85. The normalized spacial score (nSPS) is 51.7. The van der Waals surface area contributed by atoms with Gasteiger partial charge in [-0.15, -0.1) is 6.42 Å². The number of hydrogen-bond donors (Lipinski definition) is 1. The first-order valence-corrected chi connectivity index (χ1v) is 10.4. The zero-order valence-corrected chi connectivity index (χ0v) is 16.2. The first-order chi connectivity index (χ1) is 11.9. The molecule has 0 aromatic rings. The van der Waals surface area contributed by atoms with E-state index in [1.165, 1.54) is 25.7 Å². The van der Waals surface area contributed by atoms with Crippen molar-refractivity contribution < 1.29 is 9.84 Å². The summed E-state index contributed by atoms with van der Waals surface area (Å²) in [5.41, 5.74) is 1.02. The Hall–Kier alpha value is -0.780. The van der Waals surface area contributed by atoms with E-state index in [9.17, 15) is 5.11 Å². The molecule has 2 heteroatoms. The van der Waals surface area contributed by atoms with Gasteiger partial charge in [-0.1, -0.05) is 31.4 Å². The lowest BCUT2D eigenvalue weighted by Crippen LogP contribution is -2.54. The van der Waals surface area contributed by atoms with Crippen molar-refractivity contribution in [1.82, 2.24) is 0 Å². The monoisotopic (exact) mass is 342 g/mol. The molecular formula is C23H34O2. The summed E-state index contributed by atoms with van der Waals surface area (Å²) < 4.78 is 5.94. The molecule has 7 atom stereocenters. The highest BCUT2D eigenvalue weighted by Crippen LogP contribution is 2.67. The van der Waals surface area contributed by atoms with E-state index in [1.54, 1.807) is 5.57 Å². The molecule has 0 aliphatic heterocycles. The fourth-order valence-corrected chi connectivity index (χ4v) is 7.26. The van der Waals surface area contributed by atoms with Crippen LogP contribution in [0.1, 0.15) is 72.1 Å². The van der Waals surface area contributed by atoms with Crippen LogP contribution in [-0.2, 0) is 4.74 Å². The Morgan fingerprint density at radius 3 is 2.68 bits per heavy atom. The molecule has 2 nitrogen and oxygen atoms in total. The minimum atomic E-state index is -0.889. The molecule has 3 fully saturated rings. The molecule has 3 saturated carbocycles. The molecule has 4 aliphatic carbocycles. The van der Waals surface area contributed by atoms with Crippen molar-refractivity contribution in [1.29, 1.82) is 0 Å². The molecule has 0 bridgehead atoms. The summed E-state index contributed by atoms with van der Waals surface area (Å²) in [4.78, 5) is 0. The van der Waals surface area contributed by atoms with Crippen molar-refractivity contribution >= 4 is 0 Å². The summed E-state index contributed by atoms with van der Waals surface area (Å²) in [6, 6.07) is 0. The van der Waals surface area contributed by atoms with Gasteiger partial charge in [0, 0.05) is 12.0 Å². The second-order valence-corrected chi connectivity index (χ2v) is 9.58. The molecule has 0 saturated heterocycles. The second kappa shape index (κ2) is 5.86. The highest BCUT2D eigenvalue weighted by atomic mass is 16.5. The molecule has 0 amide bonds. The standard InChI is InChI=1S/C23H34O2/c1-5-23(24)14-11-20-18-8-7-16-15-17(25-6-2)9-12-21(16,3)19(18)10-13-22(20,23)4/h1,7,17-20,24H,6,8-15H2,2-4H3/t17?,18-,19-,20+,21+,22+,23?/m1/s1. The van der Waals surface area contributed by atoms with Gasteiger partial charge in [-0.2, -0.15) is 0 Å². The van der Waals surface area contributed by atoms with E-state index >= 15 is 0 Å². The van der Waals surface area contributed by atoms with Crippen molar-refractivity contribution in [2.24, 2.45) is 28.6 Å². The van der Waals surface area contributed by atoms with Crippen molar-refractivity contribution in [3.05, 3.63) is 11.6 Å². The van der Waals surface area contributed by atoms with Gasteiger partial charge in [-0.05, 0) is 81.5 Å². The van der Waals surface area contributed by atoms with E-state index in [1.807, 2.05) is 0 Å². The molecule has 4 aliphatic rings. The predicted octanol–water partition coefficient (Wildman–Crippen LogP) is 4.72. The van der Waals surface area contributed by atoms with Gasteiger partial charge < -0.3 is 9.84 Å². The van der Waals surface area contributed by atoms with Crippen molar-refractivity contribution in [3.8, 4) is 12.3 Å². The maximum atomic E-state index is 11.1. The predicted molar refractivity (Wildman–Crippen MR) is 101 cm³/mol. The van der Waals surface area contributed by atoms with Crippen LogP contribution >= 0.6 is 0 Å². The molecule has 0 aromatic heterocycles. The third kappa shape index (κ3) is 2.31. The van der Waals surface area contributed by atoms with Crippen molar-refractivity contribution in [3.63, 3.8) is 0 Å². The molecule has 4 rings (SSSR count). The lowest BCUT2D eigenvalue weighted by atomic mass is 9.47. The minimum absolute atomic E-state index is 0.0901. The zero-order valence-electron chi connectivity index (χ0n) is 16.2. The number of hydrogen-bond acceptors (Lipinski definition) is 2. The van der Waals surface area contributed by atoms with E-state index in [0.29, 0.717) is 23.4 Å². The van der Waals surface area contributed by atoms with Crippen LogP contribution in [0.5, 0.6) is 0 Å². The van der Waals surface area contributed by atoms with Gasteiger partial charge in [0.2, 0.25) is 0 Å². The van der Waals surface area contributed by atoms with Crippen LogP contribution in [0.15, 0.2) is 11.6 Å². The molecule has 1 N–H and O–H groups in total. The van der Waals surface area contributed by atoms with Gasteiger partial charge in [-0.25, -0.2) is 0 Å². The van der Waals surface area contributed by atoms with Crippen LogP contribution in [0.25, 0.3) is 0 Å². The summed E-state index contributed by atoms with van der Waals surface area (Å²) >= 11 is 0. The first kappa shape index (κ1) is 17.6. The SMILES string of the molecule is C#CC1(O)CC[C@H]2[C@@H]3CC=C4CC(OCC)CC[C@]4(C)[C@@H]3CC[C@@]21C. The van der Waals surface area contributed by atoms with Crippen LogP contribution in [0.4, 0.5) is 0 Å². The minimum Gasteiger partial charge on any atom is -0.378 e. The van der Waals surface area contributed by atoms with Crippen LogP contribution < -0.4 is 0 Å². The van der Waals surface area contributed by atoms with E-state index in [4.69, 9.17) is 11.2 Å². The summed E-state index contributed by atoms with van der Waals surface area (Å²) in [5.74, 6) is 4.81. The summed E-state index contributed by atoms with van der Waals surface area (Å²) in [5, 5.41) is 11.1. The Morgan fingerprint density at radius 2 is 1.96 bits per heavy atom. The van der Waals surface area contributed by atoms with E-state index in [-0.39, 0.29) is 5.41 Å². The average molecular weight is 343 g/mol. The van der Waals surface area contributed by atoms with Gasteiger partial charge in [0.25, 0.3) is 0 Å². The van der Waals surface area contributed by atoms with Crippen LogP contribution in [0.2, 0.25) is 0 Å². The van der Waals surface area contributed by atoms with E-state index in [2.05, 4.69) is 32.8 Å². The Labute approximate surface area is 153 Å². The van der Waals surface area contributed by atoms with Crippen molar-refractivity contribution in [2.75, 3.05) is 6.61 Å². The van der Waals surface area contributed by atoms with E-state index < -0.39 is 5.60 Å². The number of rotatable bonds is 2. The lowest BCUT2D eigenvalue weighted by molar-refractivity contribution is -0.0988. The topological polar surface area (TPSA) is 29.5 Å². The van der Waals surface area contributed by atoms with Crippen molar-refractivity contribution in [2.45, 2.75) is 83.8 Å². The molecule has 0 spiro atoms. The van der Waals surface area contributed by atoms with Gasteiger partial charge in [-0.3, -0.25) is 0 Å². The molecule has 0 radical (unpaired) electrons. The molecule has 138 valence electrons. The third-order valence-electron chi connectivity index (χ3n) is 8.85. The number of fused-ring (bicyclic) bond motifs is 5. The molecule has 0 heterocycles. The number of aliphatic hydroxyl groups is 1. The van der Waals surface area contributed by atoms with Gasteiger partial charge in [0.1, 0.15) is 5.60 Å². The highest BCUT2D eigenvalue weighted by molar-refractivity contribution is 5.28. The molecule has 2 unspecified atom stereocenters. The van der Waals surface area contributed by atoms with Gasteiger partial charge >= 0.3 is 0 Å².